The fourth-order valence-electron chi connectivity index (χ4n) is 3.38. The topological polar surface area (TPSA) is 35.2 Å². The molecule has 3 unspecified atom stereocenters. The molecule has 2 nitrogen and oxygen atoms in total. The maximum atomic E-state index is 14.6. The highest BCUT2D eigenvalue weighted by Crippen LogP contribution is 2.46. The van der Waals surface area contributed by atoms with Crippen molar-refractivity contribution >= 4 is 0 Å². The van der Waals surface area contributed by atoms with Crippen LogP contribution < -0.4 is 5.73 Å². The van der Waals surface area contributed by atoms with Crippen molar-refractivity contribution in [1.82, 2.24) is 0 Å². The minimum absolute atomic E-state index is 0.00947. The van der Waals surface area contributed by atoms with Crippen molar-refractivity contribution in [1.29, 1.82) is 0 Å². The minimum atomic E-state index is -0.749. The Bertz CT molecular complexity index is 253. The van der Waals surface area contributed by atoms with Gasteiger partial charge in [-0.3, -0.25) is 0 Å². The van der Waals surface area contributed by atoms with Crippen molar-refractivity contribution in [2.24, 2.45) is 23.5 Å². The molecular formula is C14H26FNO. The van der Waals surface area contributed by atoms with Crippen LogP contribution in [0, 0.1) is 17.8 Å². The first kappa shape index (κ1) is 13.3. The predicted octanol–water partition coefficient (Wildman–Crippen LogP) is 2.90. The zero-order valence-corrected chi connectivity index (χ0v) is 11.1. The van der Waals surface area contributed by atoms with Gasteiger partial charge in [-0.1, -0.05) is 13.8 Å². The number of hydrogen-bond acceptors (Lipinski definition) is 2. The number of rotatable bonds is 4. The van der Waals surface area contributed by atoms with Gasteiger partial charge in [0.2, 0.25) is 0 Å². The van der Waals surface area contributed by atoms with Crippen molar-refractivity contribution in [3.8, 4) is 0 Å². The molecule has 3 atom stereocenters. The van der Waals surface area contributed by atoms with Gasteiger partial charge in [-0.15, -0.1) is 0 Å². The van der Waals surface area contributed by atoms with E-state index >= 15 is 0 Å². The lowest BCUT2D eigenvalue weighted by Crippen LogP contribution is -2.49. The van der Waals surface area contributed by atoms with Crippen molar-refractivity contribution < 1.29 is 9.13 Å². The highest BCUT2D eigenvalue weighted by Gasteiger charge is 2.45. The molecule has 2 rings (SSSR count). The first-order chi connectivity index (χ1) is 8.08. The van der Waals surface area contributed by atoms with Gasteiger partial charge in [0.25, 0.3) is 0 Å². The van der Waals surface area contributed by atoms with Crippen LogP contribution in [0.4, 0.5) is 4.39 Å². The highest BCUT2D eigenvalue weighted by atomic mass is 19.1. The van der Waals surface area contributed by atoms with Crippen LogP contribution >= 0.6 is 0 Å². The molecule has 0 aromatic heterocycles. The van der Waals surface area contributed by atoms with E-state index in [1.54, 1.807) is 0 Å². The van der Waals surface area contributed by atoms with Gasteiger partial charge in [-0.05, 0) is 50.5 Å². The van der Waals surface area contributed by atoms with Crippen LogP contribution in [0.3, 0.4) is 0 Å². The molecule has 0 bridgehead atoms. The number of halogens is 1. The number of ether oxygens (including phenoxy) is 1. The van der Waals surface area contributed by atoms with E-state index < -0.39 is 6.17 Å². The van der Waals surface area contributed by atoms with E-state index in [4.69, 9.17) is 10.5 Å². The molecular weight excluding hydrogens is 217 g/mol. The first-order valence-corrected chi connectivity index (χ1v) is 7.06. The Morgan fingerprint density at radius 2 is 2.12 bits per heavy atom. The van der Waals surface area contributed by atoms with E-state index in [0.29, 0.717) is 12.5 Å². The van der Waals surface area contributed by atoms with Crippen molar-refractivity contribution in [2.45, 2.75) is 57.7 Å². The van der Waals surface area contributed by atoms with Crippen molar-refractivity contribution in [3.05, 3.63) is 0 Å². The molecule has 1 aliphatic heterocycles. The van der Waals surface area contributed by atoms with Crippen LogP contribution in [0.25, 0.3) is 0 Å². The normalized spacial score (nSPS) is 31.2. The molecule has 3 heteroatoms. The second kappa shape index (κ2) is 5.23. The summed E-state index contributed by atoms with van der Waals surface area (Å²) in [5.74, 6) is 0.505. The van der Waals surface area contributed by atoms with E-state index in [0.717, 1.165) is 32.3 Å². The zero-order chi connectivity index (χ0) is 12.5. The Morgan fingerprint density at radius 3 is 2.59 bits per heavy atom. The highest BCUT2D eigenvalue weighted by molar-refractivity contribution is 4.96. The molecule has 100 valence electrons. The Balaban J connectivity index is 1.96. The minimum Gasteiger partial charge on any atom is -0.375 e. The maximum Gasteiger partial charge on any atom is 0.107 e. The lowest BCUT2D eigenvalue weighted by Gasteiger charge is -2.48. The third-order valence-electron chi connectivity index (χ3n) is 4.78. The molecule has 0 aromatic rings. The summed E-state index contributed by atoms with van der Waals surface area (Å²) in [7, 11) is 0. The van der Waals surface area contributed by atoms with Crippen LogP contribution in [-0.4, -0.2) is 24.9 Å². The molecule has 17 heavy (non-hydrogen) atoms. The summed E-state index contributed by atoms with van der Waals surface area (Å²) < 4.78 is 20.4. The Labute approximate surface area is 104 Å². The number of hydrogen-bond donors (Lipinski definition) is 1. The zero-order valence-electron chi connectivity index (χ0n) is 11.1. The van der Waals surface area contributed by atoms with E-state index in [-0.39, 0.29) is 17.4 Å². The second-order valence-corrected chi connectivity index (χ2v) is 6.23. The van der Waals surface area contributed by atoms with Crippen LogP contribution in [0.2, 0.25) is 0 Å². The third kappa shape index (κ3) is 2.65. The largest absolute Gasteiger partial charge is 0.375 e. The van der Waals surface area contributed by atoms with Crippen LogP contribution in [0.5, 0.6) is 0 Å². The summed E-state index contributed by atoms with van der Waals surface area (Å²) in [4.78, 5) is 0. The molecule has 2 aliphatic rings. The SMILES string of the molecule is CC(C)C(CN)C(F)C1CCOC2(CCC2)C1. The average molecular weight is 243 g/mol. The summed E-state index contributed by atoms with van der Waals surface area (Å²) in [6.07, 6.45) is 4.54. The lowest BCUT2D eigenvalue weighted by atomic mass is 9.69. The maximum absolute atomic E-state index is 14.6. The van der Waals surface area contributed by atoms with Gasteiger partial charge in [-0.2, -0.15) is 0 Å². The summed E-state index contributed by atoms with van der Waals surface area (Å²) in [5, 5.41) is 0. The van der Waals surface area contributed by atoms with E-state index in [9.17, 15) is 4.39 Å². The van der Waals surface area contributed by atoms with E-state index in [1.807, 2.05) is 0 Å². The van der Waals surface area contributed by atoms with Gasteiger partial charge in [0, 0.05) is 12.5 Å². The summed E-state index contributed by atoms with van der Waals surface area (Å²) in [6, 6.07) is 0. The Kier molecular flexibility index (Phi) is 4.09. The summed E-state index contributed by atoms with van der Waals surface area (Å²) in [5.41, 5.74) is 5.77. The van der Waals surface area contributed by atoms with Gasteiger partial charge in [0.15, 0.2) is 0 Å². The average Bonchev–Trinajstić information content (AvgIpc) is 2.27. The second-order valence-electron chi connectivity index (χ2n) is 6.23. The van der Waals surface area contributed by atoms with Crippen LogP contribution in [-0.2, 0) is 4.74 Å². The van der Waals surface area contributed by atoms with Gasteiger partial charge < -0.3 is 10.5 Å². The molecule has 1 heterocycles. The summed E-state index contributed by atoms with van der Waals surface area (Å²) in [6.45, 7) is 5.34. The molecule has 1 saturated carbocycles. The van der Waals surface area contributed by atoms with Crippen LogP contribution in [0.15, 0.2) is 0 Å². The van der Waals surface area contributed by atoms with E-state index in [1.165, 1.54) is 6.42 Å². The number of alkyl halides is 1. The Hall–Kier alpha value is -0.150. The smallest absolute Gasteiger partial charge is 0.107 e. The molecule has 0 radical (unpaired) electrons. The van der Waals surface area contributed by atoms with Crippen LogP contribution in [0.1, 0.15) is 46.0 Å². The monoisotopic (exact) mass is 243 g/mol. The fourth-order valence-corrected chi connectivity index (χ4v) is 3.38. The third-order valence-corrected chi connectivity index (χ3v) is 4.78. The predicted molar refractivity (Wildman–Crippen MR) is 67.5 cm³/mol. The molecule has 0 amide bonds. The standard InChI is InChI=1S/C14H26FNO/c1-10(2)12(9-16)13(15)11-4-7-17-14(8-11)5-3-6-14/h10-13H,3-9,16H2,1-2H3. The van der Waals surface area contributed by atoms with Gasteiger partial charge in [-0.25, -0.2) is 4.39 Å². The molecule has 2 N–H and O–H groups in total. The lowest BCUT2D eigenvalue weighted by molar-refractivity contribution is -0.155. The molecule has 0 aromatic carbocycles. The molecule has 1 aliphatic carbocycles. The first-order valence-electron chi connectivity index (χ1n) is 7.06. The quantitative estimate of drug-likeness (QED) is 0.824. The molecule has 2 fully saturated rings. The van der Waals surface area contributed by atoms with E-state index in [2.05, 4.69) is 13.8 Å². The van der Waals surface area contributed by atoms with Gasteiger partial charge in [0.05, 0.1) is 5.60 Å². The summed E-state index contributed by atoms with van der Waals surface area (Å²) >= 11 is 0. The van der Waals surface area contributed by atoms with Gasteiger partial charge in [0.1, 0.15) is 6.17 Å². The molecule has 1 saturated heterocycles. The Morgan fingerprint density at radius 1 is 1.41 bits per heavy atom. The fraction of sp³-hybridized carbons (Fsp3) is 1.00. The van der Waals surface area contributed by atoms with Crippen molar-refractivity contribution in [3.63, 3.8) is 0 Å². The van der Waals surface area contributed by atoms with Gasteiger partial charge >= 0.3 is 0 Å². The van der Waals surface area contributed by atoms with Crippen molar-refractivity contribution in [2.75, 3.05) is 13.2 Å². The number of nitrogens with two attached hydrogens (primary N) is 1. The molecule has 1 spiro atoms.